The van der Waals surface area contributed by atoms with Gasteiger partial charge in [-0.15, -0.1) is 0 Å². The van der Waals surface area contributed by atoms with Gasteiger partial charge in [-0.05, 0) is 31.5 Å². The average Bonchev–Trinajstić information content (AvgIpc) is 2.49. The fourth-order valence-corrected chi connectivity index (χ4v) is 2.25. The number of anilines is 1. The summed E-state index contributed by atoms with van der Waals surface area (Å²) in [6.45, 7) is 1.07. The Morgan fingerprint density at radius 1 is 1.33 bits per heavy atom. The Balaban J connectivity index is 1.95. The topological polar surface area (TPSA) is 93.5 Å². The highest BCUT2D eigenvalue weighted by atomic mass is 16.5. The summed E-state index contributed by atoms with van der Waals surface area (Å²) in [5, 5.41) is 6.08. The van der Waals surface area contributed by atoms with Gasteiger partial charge < -0.3 is 21.1 Å². The molecule has 2 rings (SSSR count). The van der Waals surface area contributed by atoms with Crippen molar-refractivity contribution in [3.63, 3.8) is 0 Å². The van der Waals surface area contributed by atoms with Crippen LogP contribution in [-0.2, 0) is 9.59 Å². The Bertz CT molecular complexity index is 499. The van der Waals surface area contributed by atoms with Gasteiger partial charge in [0.2, 0.25) is 11.8 Å². The zero-order chi connectivity index (χ0) is 15.1. The fraction of sp³-hybridized carbons (Fsp3) is 0.467. The van der Waals surface area contributed by atoms with Crippen LogP contribution in [0.15, 0.2) is 24.3 Å². The van der Waals surface area contributed by atoms with E-state index in [4.69, 9.17) is 10.5 Å². The van der Waals surface area contributed by atoms with Gasteiger partial charge in [0.05, 0.1) is 24.8 Å². The van der Waals surface area contributed by atoms with E-state index in [2.05, 4.69) is 10.6 Å². The first kappa shape index (κ1) is 15.3. The second-order valence-electron chi connectivity index (χ2n) is 5.05. The maximum absolute atomic E-state index is 12.2. The Morgan fingerprint density at radius 2 is 2.14 bits per heavy atom. The van der Waals surface area contributed by atoms with Gasteiger partial charge in [-0.3, -0.25) is 9.59 Å². The van der Waals surface area contributed by atoms with Crippen molar-refractivity contribution in [1.82, 2.24) is 5.32 Å². The molecule has 6 nitrogen and oxygen atoms in total. The van der Waals surface area contributed by atoms with Crippen LogP contribution >= 0.6 is 0 Å². The normalized spacial score (nSPS) is 18.0. The quantitative estimate of drug-likeness (QED) is 0.729. The summed E-state index contributed by atoms with van der Waals surface area (Å²) >= 11 is 0. The van der Waals surface area contributed by atoms with E-state index in [1.807, 2.05) is 12.1 Å². The van der Waals surface area contributed by atoms with E-state index in [1.54, 1.807) is 12.1 Å². The highest BCUT2D eigenvalue weighted by Crippen LogP contribution is 2.24. The molecule has 114 valence electrons. The third-order valence-corrected chi connectivity index (χ3v) is 3.38. The molecule has 0 aliphatic carbocycles. The number of piperidine rings is 1. The summed E-state index contributed by atoms with van der Waals surface area (Å²) < 4.78 is 5.50. The standard InChI is InChI=1S/C15H21N3O3/c16-14(19)8-10-21-13-7-2-1-5-11(13)18-15(20)12-6-3-4-9-17-12/h1-2,5,7,12,17H,3-4,6,8-10H2,(H2,16,19)(H,18,20). The molecule has 2 amide bonds. The lowest BCUT2D eigenvalue weighted by atomic mass is 10.0. The van der Waals surface area contributed by atoms with Crippen LogP contribution in [0.4, 0.5) is 5.69 Å². The first-order valence-electron chi connectivity index (χ1n) is 7.21. The van der Waals surface area contributed by atoms with Gasteiger partial charge in [0, 0.05) is 0 Å². The maximum atomic E-state index is 12.2. The average molecular weight is 291 g/mol. The molecule has 1 atom stereocenters. The molecule has 4 N–H and O–H groups in total. The lowest BCUT2D eigenvalue weighted by Gasteiger charge is -2.23. The molecule has 0 aromatic heterocycles. The van der Waals surface area contributed by atoms with Crippen LogP contribution in [-0.4, -0.2) is 31.0 Å². The summed E-state index contributed by atoms with van der Waals surface area (Å²) in [6.07, 6.45) is 3.15. The number of nitrogens with one attached hydrogen (secondary N) is 2. The summed E-state index contributed by atoms with van der Waals surface area (Å²) in [7, 11) is 0. The van der Waals surface area contributed by atoms with Crippen LogP contribution < -0.4 is 21.1 Å². The van der Waals surface area contributed by atoms with Crippen molar-refractivity contribution in [1.29, 1.82) is 0 Å². The van der Waals surface area contributed by atoms with E-state index in [0.717, 1.165) is 25.8 Å². The number of carbonyl (C=O) groups excluding carboxylic acids is 2. The molecule has 0 spiro atoms. The Kier molecular flexibility index (Phi) is 5.57. The zero-order valence-corrected chi connectivity index (χ0v) is 11.9. The van der Waals surface area contributed by atoms with Crippen molar-refractivity contribution in [2.24, 2.45) is 5.73 Å². The van der Waals surface area contributed by atoms with Crippen LogP contribution in [0.1, 0.15) is 25.7 Å². The molecule has 1 aliphatic rings. The monoisotopic (exact) mass is 291 g/mol. The van der Waals surface area contributed by atoms with Gasteiger partial charge in [0.1, 0.15) is 5.75 Å². The minimum atomic E-state index is -0.414. The van der Waals surface area contributed by atoms with E-state index in [-0.39, 0.29) is 25.0 Å². The SMILES string of the molecule is NC(=O)CCOc1ccccc1NC(=O)C1CCCCN1. The van der Waals surface area contributed by atoms with Crippen molar-refractivity contribution in [3.8, 4) is 5.75 Å². The van der Waals surface area contributed by atoms with Crippen molar-refractivity contribution in [3.05, 3.63) is 24.3 Å². The predicted octanol–water partition coefficient (Wildman–Crippen LogP) is 1.02. The number of rotatable bonds is 6. The Labute approximate surface area is 124 Å². The molecule has 6 heteroatoms. The molecular weight excluding hydrogens is 270 g/mol. The van der Waals surface area contributed by atoms with Crippen molar-refractivity contribution >= 4 is 17.5 Å². The van der Waals surface area contributed by atoms with Crippen molar-refractivity contribution < 1.29 is 14.3 Å². The molecule has 1 heterocycles. The maximum Gasteiger partial charge on any atom is 0.241 e. The molecule has 1 unspecified atom stereocenters. The first-order chi connectivity index (χ1) is 10.2. The van der Waals surface area contributed by atoms with Gasteiger partial charge >= 0.3 is 0 Å². The van der Waals surface area contributed by atoms with Gasteiger partial charge in [-0.2, -0.15) is 0 Å². The second-order valence-corrected chi connectivity index (χ2v) is 5.05. The lowest BCUT2D eigenvalue weighted by Crippen LogP contribution is -2.43. The largest absolute Gasteiger partial charge is 0.491 e. The van der Waals surface area contributed by atoms with Crippen molar-refractivity contribution in [2.45, 2.75) is 31.7 Å². The summed E-state index contributed by atoms with van der Waals surface area (Å²) in [5.74, 6) is 0.0754. The zero-order valence-electron chi connectivity index (χ0n) is 11.9. The molecule has 0 saturated carbocycles. The summed E-state index contributed by atoms with van der Waals surface area (Å²) in [4.78, 5) is 22.9. The second kappa shape index (κ2) is 7.64. The minimum Gasteiger partial charge on any atom is -0.491 e. The van der Waals surface area contributed by atoms with E-state index in [0.29, 0.717) is 11.4 Å². The number of hydrogen-bond acceptors (Lipinski definition) is 4. The molecule has 21 heavy (non-hydrogen) atoms. The van der Waals surface area contributed by atoms with Crippen LogP contribution in [0.5, 0.6) is 5.75 Å². The van der Waals surface area contributed by atoms with Crippen LogP contribution in [0.25, 0.3) is 0 Å². The van der Waals surface area contributed by atoms with Gasteiger partial charge in [-0.25, -0.2) is 0 Å². The highest BCUT2D eigenvalue weighted by molar-refractivity contribution is 5.96. The molecule has 1 aliphatic heterocycles. The molecule has 1 aromatic rings. The van der Waals surface area contributed by atoms with Gasteiger partial charge in [-0.1, -0.05) is 18.6 Å². The highest BCUT2D eigenvalue weighted by Gasteiger charge is 2.21. The Hall–Kier alpha value is -2.08. The number of hydrogen-bond donors (Lipinski definition) is 3. The Morgan fingerprint density at radius 3 is 2.86 bits per heavy atom. The van der Waals surface area contributed by atoms with E-state index in [1.165, 1.54) is 0 Å². The van der Waals surface area contributed by atoms with Crippen molar-refractivity contribution in [2.75, 3.05) is 18.5 Å². The van der Waals surface area contributed by atoms with E-state index in [9.17, 15) is 9.59 Å². The van der Waals surface area contributed by atoms with E-state index < -0.39 is 5.91 Å². The van der Waals surface area contributed by atoms with Crippen LogP contribution in [0.2, 0.25) is 0 Å². The predicted molar refractivity (Wildman–Crippen MR) is 80.0 cm³/mol. The minimum absolute atomic E-state index is 0.0550. The molecular formula is C15H21N3O3. The van der Waals surface area contributed by atoms with Crippen LogP contribution in [0, 0.1) is 0 Å². The van der Waals surface area contributed by atoms with E-state index >= 15 is 0 Å². The smallest absolute Gasteiger partial charge is 0.241 e. The first-order valence-corrected chi connectivity index (χ1v) is 7.21. The summed E-state index contributed by atoms with van der Waals surface area (Å²) in [6, 6.07) is 7.02. The molecule has 1 aromatic carbocycles. The lowest BCUT2D eigenvalue weighted by molar-refractivity contribution is -0.119. The number of benzene rings is 1. The third-order valence-electron chi connectivity index (χ3n) is 3.38. The number of primary amides is 1. The molecule has 0 radical (unpaired) electrons. The number of nitrogens with two attached hydrogens (primary N) is 1. The summed E-state index contributed by atoms with van der Waals surface area (Å²) in [5.41, 5.74) is 5.69. The number of amides is 2. The number of para-hydroxylation sites is 2. The molecule has 1 fully saturated rings. The third kappa shape index (κ3) is 4.75. The van der Waals surface area contributed by atoms with Gasteiger partial charge in [0.25, 0.3) is 0 Å². The number of carbonyl (C=O) groups is 2. The van der Waals surface area contributed by atoms with Crippen LogP contribution in [0.3, 0.4) is 0 Å². The molecule has 1 saturated heterocycles. The fourth-order valence-electron chi connectivity index (χ4n) is 2.25. The number of ether oxygens (including phenoxy) is 1. The van der Waals surface area contributed by atoms with Gasteiger partial charge in [0.15, 0.2) is 0 Å². The molecule has 0 bridgehead atoms.